The number of nitrogens with one attached hydrogen (secondary N) is 1. The van der Waals surface area contributed by atoms with E-state index in [9.17, 15) is 0 Å². The lowest BCUT2D eigenvalue weighted by atomic mass is 9.94. The maximum atomic E-state index is 5.99. The third-order valence-corrected chi connectivity index (χ3v) is 3.41. The van der Waals surface area contributed by atoms with E-state index in [1.165, 1.54) is 5.56 Å². The summed E-state index contributed by atoms with van der Waals surface area (Å²) < 4.78 is 7.70. The number of hydrogen-bond donors (Lipinski definition) is 1. The Morgan fingerprint density at radius 1 is 1.37 bits per heavy atom. The highest BCUT2D eigenvalue weighted by atomic mass is 16.5. The number of benzene rings is 1. The van der Waals surface area contributed by atoms with E-state index in [0.717, 1.165) is 11.6 Å². The fourth-order valence-electron chi connectivity index (χ4n) is 2.54. The molecule has 2 aromatic rings. The van der Waals surface area contributed by atoms with E-state index in [4.69, 9.17) is 4.74 Å². The van der Waals surface area contributed by atoms with Crippen LogP contribution in [0.4, 0.5) is 0 Å². The van der Waals surface area contributed by atoms with E-state index in [2.05, 4.69) is 35.3 Å². The van der Waals surface area contributed by atoms with Crippen molar-refractivity contribution in [3.63, 3.8) is 0 Å². The van der Waals surface area contributed by atoms with Gasteiger partial charge in [0.2, 0.25) is 0 Å². The quantitative estimate of drug-likeness (QED) is 0.912. The van der Waals surface area contributed by atoms with Gasteiger partial charge in [-0.2, -0.15) is 5.10 Å². The summed E-state index contributed by atoms with van der Waals surface area (Å²) in [6, 6.07) is 8.30. The zero-order valence-electron chi connectivity index (χ0n) is 11.4. The summed E-state index contributed by atoms with van der Waals surface area (Å²) in [5.74, 6) is 1.75. The molecule has 0 saturated heterocycles. The van der Waals surface area contributed by atoms with E-state index in [-0.39, 0.29) is 11.6 Å². The Morgan fingerprint density at radius 2 is 2.16 bits per heavy atom. The average Bonchev–Trinajstić information content (AvgIpc) is 2.87. The predicted octanol–water partition coefficient (Wildman–Crippen LogP) is 1.82. The van der Waals surface area contributed by atoms with Gasteiger partial charge in [-0.05, 0) is 19.9 Å². The lowest BCUT2D eigenvalue weighted by molar-refractivity contribution is 0.0955. The summed E-state index contributed by atoms with van der Waals surface area (Å²) in [5, 5.41) is 7.77. The number of nitrogens with zero attached hydrogens (tertiary/aromatic N) is 3. The number of hydrogen-bond acceptors (Lipinski definition) is 4. The first kappa shape index (κ1) is 12.2. The van der Waals surface area contributed by atoms with Gasteiger partial charge in [0.05, 0.1) is 12.6 Å². The van der Waals surface area contributed by atoms with Crippen molar-refractivity contribution in [2.75, 3.05) is 0 Å². The van der Waals surface area contributed by atoms with Crippen molar-refractivity contribution in [1.29, 1.82) is 0 Å². The fourth-order valence-corrected chi connectivity index (χ4v) is 2.54. The molecule has 5 nitrogen and oxygen atoms in total. The SMILES string of the molecule is Cn1cnc(CNC2c3ccccc3OC2(C)C)n1. The van der Waals surface area contributed by atoms with Crippen molar-refractivity contribution < 1.29 is 4.74 Å². The first-order valence-electron chi connectivity index (χ1n) is 6.42. The van der Waals surface area contributed by atoms with Gasteiger partial charge >= 0.3 is 0 Å². The molecule has 0 bridgehead atoms. The molecular formula is C14H18N4O. The second-order valence-electron chi connectivity index (χ2n) is 5.39. The van der Waals surface area contributed by atoms with Crippen LogP contribution in [0.2, 0.25) is 0 Å². The molecule has 5 heteroatoms. The smallest absolute Gasteiger partial charge is 0.164 e. The minimum absolute atomic E-state index is 0.146. The van der Waals surface area contributed by atoms with Crippen LogP contribution < -0.4 is 10.1 Å². The van der Waals surface area contributed by atoms with Crippen molar-refractivity contribution in [2.45, 2.75) is 32.0 Å². The van der Waals surface area contributed by atoms with Gasteiger partial charge < -0.3 is 4.74 Å². The Balaban J connectivity index is 1.79. The van der Waals surface area contributed by atoms with Crippen molar-refractivity contribution in [3.8, 4) is 5.75 Å². The second kappa shape index (κ2) is 4.35. The van der Waals surface area contributed by atoms with Crippen LogP contribution in [-0.4, -0.2) is 20.4 Å². The van der Waals surface area contributed by atoms with E-state index in [0.29, 0.717) is 6.54 Å². The Labute approximate surface area is 112 Å². The zero-order chi connectivity index (χ0) is 13.5. The van der Waals surface area contributed by atoms with Gasteiger partial charge in [0.1, 0.15) is 17.7 Å². The number of para-hydroxylation sites is 1. The normalized spacial score (nSPS) is 20.1. The van der Waals surface area contributed by atoms with Crippen molar-refractivity contribution in [3.05, 3.63) is 42.0 Å². The summed E-state index contributed by atoms with van der Waals surface area (Å²) >= 11 is 0. The summed E-state index contributed by atoms with van der Waals surface area (Å²) in [5.41, 5.74) is 0.932. The van der Waals surface area contributed by atoms with Gasteiger partial charge in [0, 0.05) is 12.6 Å². The van der Waals surface area contributed by atoms with Crippen molar-refractivity contribution in [1.82, 2.24) is 20.1 Å². The molecule has 1 aromatic carbocycles. The Hall–Kier alpha value is -1.88. The highest BCUT2D eigenvalue weighted by Gasteiger charge is 2.40. The van der Waals surface area contributed by atoms with Gasteiger partial charge in [0.15, 0.2) is 5.82 Å². The molecule has 100 valence electrons. The molecule has 1 atom stereocenters. The molecule has 0 spiro atoms. The molecule has 2 heterocycles. The third kappa shape index (κ3) is 2.21. The molecule has 1 unspecified atom stereocenters. The summed E-state index contributed by atoms with van der Waals surface area (Å²) in [7, 11) is 1.87. The van der Waals surface area contributed by atoms with Gasteiger partial charge in [0.25, 0.3) is 0 Å². The summed E-state index contributed by atoms with van der Waals surface area (Å²) in [6.07, 6.45) is 1.71. The molecule has 0 aliphatic carbocycles. The summed E-state index contributed by atoms with van der Waals surface area (Å²) in [6.45, 7) is 4.82. The molecule has 3 rings (SSSR count). The Kier molecular flexibility index (Phi) is 2.78. The molecule has 1 aromatic heterocycles. The molecule has 0 amide bonds. The van der Waals surface area contributed by atoms with Crippen molar-refractivity contribution >= 4 is 0 Å². The maximum Gasteiger partial charge on any atom is 0.164 e. The lowest BCUT2D eigenvalue weighted by Crippen LogP contribution is -2.39. The van der Waals surface area contributed by atoms with Crippen LogP contribution >= 0.6 is 0 Å². The molecule has 0 radical (unpaired) electrons. The Morgan fingerprint density at radius 3 is 2.89 bits per heavy atom. The van der Waals surface area contributed by atoms with Gasteiger partial charge in [-0.3, -0.25) is 10.00 Å². The van der Waals surface area contributed by atoms with Crippen LogP contribution in [0.1, 0.15) is 31.3 Å². The molecule has 0 fully saturated rings. The lowest BCUT2D eigenvalue weighted by Gasteiger charge is -2.26. The number of rotatable bonds is 3. The van der Waals surface area contributed by atoms with Gasteiger partial charge in [-0.25, -0.2) is 4.98 Å². The molecule has 0 saturated carbocycles. The highest BCUT2D eigenvalue weighted by molar-refractivity contribution is 5.42. The number of ether oxygens (including phenoxy) is 1. The topological polar surface area (TPSA) is 52.0 Å². The minimum Gasteiger partial charge on any atom is -0.486 e. The van der Waals surface area contributed by atoms with Gasteiger partial charge in [-0.1, -0.05) is 18.2 Å². The molecular weight excluding hydrogens is 240 g/mol. The van der Waals surface area contributed by atoms with Gasteiger partial charge in [-0.15, -0.1) is 0 Å². The standard InChI is InChI=1S/C14H18N4O/c1-14(2)13(10-6-4-5-7-11(10)19-14)15-8-12-16-9-18(3)17-12/h4-7,9,13,15H,8H2,1-3H3. The predicted molar refractivity (Wildman–Crippen MR) is 71.7 cm³/mol. The molecule has 19 heavy (non-hydrogen) atoms. The average molecular weight is 258 g/mol. The molecule has 1 aliphatic rings. The Bertz CT molecular complexity index is 591. The van der Waals surface area contributed by atoms with Crippen molar-refractivity contribution in [2.24, 2.45) is 7.05 Å². The number of fused-ring (bicyclic) bond motifs is 1. The molecule has 1 aliphatic heterocycles. The van der Waals surface area contributed by atoms with E-state index in [1.807, 2.05) is 25.2 Å². The zero-order valence-corrected chi connectivity index (χ0v) is 11.4. The highest BCUT2D eigenvalue weighted by Crippen LogP contribution is 2.42. The van der Waals surface area contributed by atoms with Crippen LogP contribution in [-0.2, 0) is 13.6 Å². The monoisotopic (exact) mass is 258 g/mol. The van der Waals surface area contributed by atoms with Crippen LogP contribution in [0.3, 0.4) is 0 Å². The maximum absolute atomic E-state index is 5.99. The van der Waals surface area contributed by atoms with Crippen LogP contribution in [0.25, 0.3) is 0 Å². The fraction of sp³-hybridized carbons (Fsp3) is 0.429. The van der Waals surface area contributed by atoms with Crippen LogP contribution in [0.5, 0.6) is 5.75 Å². The second-order valence-corrected chi connectivity index (χ2v) is 5.39. The third-order valence-electron chi connectivity index (χ3n) is 3.41. The number of aromatic nitrogens is 3. The van der Waals surface area contributed by atoms with Crippen LogP contribution in [0.15, 0.2) is 30.6 Å². The first-order valence-corrected chi connectivity index (χ1v) is 6.42. The van der Waals surface area contributed by atoms with E-state index >= 15 is 0 Å². The summed E-state index contributed by atoms with van der Waals surface area (Å²) in [4.78, 5) is 4.23. The van der Waals surface area contributed by atoms with E-state index < -0.39 is 0 Å². The molecule has 1 N–H and O–H groups in total. The minimum atomic E-state index is -0.265. The van der Waals surface area contributed by atoms with Crippen LogP contribution in [0, 0.1) is 0 Å². The first-order chi connectivity index (χ1) is 9.06. The van der Waals surface area contributed by atoms with E-state index in [1.54, 1.807) is 11.0 Å². The largest absolute Gasteiger partial charge is 0.486 e. The number of aryl methyl sites for hydroxylation is 1.